The van der Waals surface area contributed by atoms with Gasteiger partial charge in [-0.25, -0.2) is 9.97 Å². The summed E-state index contributed by atoms with van der Waals surface area (Å²) < 4.78 is 0. The molecule has 4 aromatic rings. The first-order valence-corrected chi connectivity index (χ1v) is 10.3. The van der Waals surface area contributed by atoms with Crippen molar-refractivity contribution >= 4 is 46.3 Å². The first kappa shape index (κ1) is 20.8. The van der Waals surface area contributed by atoms with Crippen LogP contribution in [0.2, 0.25) is 10.0 Å². The minimum Gasteiger partial charge on any atom is -0.340 e. The van der Waals surface area contributed by atoms with Gasteiger partial charge in [-0.05, 0) is 43.3 Å². The number of aromatic nitrogens is 2. The maximum atomic E-state index is 12.7. The Morgan fingerprint density at radius 2 is 1.61 bits per heavy atom. The van der Waals surface area contributed by atoms with E-state index in [-0.39, 0.29) is 5.91 Å². The molecule has 5 nitrogen and oxygen atoms in total. The molecule has 0 bridgehead atoms. The topological polar surface area (TPSA) is 66.9 Å². The van der Waals surface area contributed by atoms with E-state index in [0.29, 0.717) is 32.9 Å². The molecule has 31 heavy (non-hydrogen) atoms. The summed E-state index contributed by atoms with van der Waals surface area (Å²) in [4.78, 5) is 21.6. The van der Waals surface area contributed by atoms with Crippen molar-refractivity contribution < 1.29 is 4.79 Å². The second-order valence-corrected chi connectivity index (χ2v) is 7.65. The van der Waals surface area contributed by atoms with E-state index >= 15 is 0 Å². The first-order chi connectivity index (χ1) is 15.0. The van der Waals surface area contributed by atoms with Gasteiger partial charge >= 0.3 is 0 Å². The van der Waals surface area contributed by atoms with Crippen molar-refractivity contribution in [3.05, 3.63) is 100 Å². The lowest BCUT2D eigenvalue weighted by molar-refractivity contribution is 0.102. The highest BCUT2D eigenvalue weighted by Crippen LogP contribution is 2.26. The largest absolute Gasteiger partial charge is 0.340 e. The van der Waals surface area contributed by atoms with Gasteiger partial charge in [-0.3, -0.25) is 4.79 Å². The van der Waals surface area contributed by atoms with Crippen LogP contribution in [-0.4, -0.2) is 15.9 Å². The van der Waals surface area contributed by atoms with Crippen LogP contribution in [0.4, 0.5) is 17.2 Å². The van der Waals surface area contributed by atoms with Crippen LogP contribution < -0.4 is 10.6 Å². The van der Waals surface area contributed by atoms with E-state index in [0.717, 1.165) is 16.9 Å². The van der Waals surface area contributed by atoms with Crippen LogP contribution in [0.5, 0.6) is 0 Å². The Morgan fingerprint density at radius 1 is 0.806 bits per heavy atom. The summed E-state index contributed by atoms with van der Waals surface area (Å²) in [6.45, 7) is 1.85. The summed E-state index contributed by atoms with van der Waals surface area (Å²) in [5.74, 6) is 1.04. The summed E-state index contributed by atoms with van der Waals surface area (Å²) in [7, 11) is 0. The van der Waals surface area contributed by atoms with Crippen LogP contribution >= 0.6 is 23.2 Å². The number of anilines is 3. The molecule has 0 aliphatic heterocycles. The lowest BCUT2D eigenvalue weighted by Gasteiger charge is -2.11. The highest BCUT2D eigenvalue weighted by molar-refractivity contribution is 6.42. The maximum Gasteiger partial charge on any atom is 0.255 e. The Kier molecular flexibility index (Phi) is 6.16. The minimum absolute atomic E-state index is 0.258. The Bertz CT molecular complexity index is 1250. The SMILES string of the molecule is Cc1nc(Nc2cccc(C(=O)Nc3ccc(Cl)c(Cl)c3)c2)cc(-c2ccccc2)n1. The first-order valence-electron chi connectivity index (χ1n) is 9.52. The molecule has 0 atom stereocenters. The molecule has 0 fully saturated rings. The second kappa shape index (κ2) is 9.16. The predicted octanol–water partition coefficient (Wildman–Crippen LogP) is 6.75. The van der Waals surface area contributed by atoms with Crippen molar-refractivity contribution in [1.82, 2.24) is 9.97 Å². The van der Waals surface area contributed by atoms with Crippen molar-refractivity contribution in [3.8, 4) is 11.3 Å². The molecule has 3 aromatic carbocycles. The van der Waals surface area contributed by atoms with E-state index in [1.165, 1.54) is 0 Å². The van der Waals surface area contributed by atoms with Gasteiger partial charge < -0.3 is 10.6 Å². The van der Waals surface area contributed by atoms with E-state index in [4.69, 9.17) is 23.2 Å². The van der Waals surface area contributed by atoms with Crippen LogP contribution in [0.1, 0.15) is 16.2 Å². The van der Waals surface area contributed by atoms with E-state index in [1.807, 2.05) is 49.4 Å². The van der Waals surface area contributed by atoms with Gasteiger partial charge in [0.25, 0.3) is 5.91 Å². The minimum atomic E-state index is -0.258. The summed E-state index contributed by atoms with van der Waals surface area (Å²) in [5.41, 5.74) is 3.62. The molecular formula is C24H18Cl2N4O. The molecular weight excluding hydrogens is 431 g/mol. The number of hydrogen-bond donors (Lipinski definition) is 2. The fourth-order valence-corrected chi connectivity index (χ4v) is 3.35. The van der Waals surface area contributed by atoms with Crippen molar-refractivity contribution in [2.75, 3.05) is 10.6 Å². The number of hydrogen-bond acceptors (Lipinski definition) is 4. The summed E-state index contributed by atoms with van der Waals surface area (Å²) >= 11 is 12.0. The number of amides is 1. The van der Waals surface area contributed by atoms with Crippen molar-refractivity contribution in [1.29, 1.82) is 0 Å². The molecule has 2 N–H and O–H groups in total. The Balaban J connectivity index is 1.54. The molecule has 1 amide bonds. The predicted molar refractivity (Wildman–Crippen MR) is 126 cm³/mol. The van der Waals surface area contributed by atoms with Gasteiger partial charge in [0.05, 0.1) is 15.7 Å². The van der Waals surface area contributed by atoms with Crippen LogP contribution in [0, 0.1) is 6.92 Å². The van der Waals surface area contributed by atoms with Gasteiger partial charge in [-0.15, -0.1) is 0 Å². The van der Waals surface area contributed by atoms with Gasteiger partial charge in [-0.2, -0.15) is 0 Å². The van der Waals surface area contributed by atoms with Crippen LogP contribution in [0.15, 0.2) is 78.9 Å². The van der Waals surface area contributed by atoms with E-state index in [1.54, 1.807) is 36.4 Å². The maximum absolute atomic E-state index is 12.7. The summed E-state index contributed by atoms with van der Waals surface area (Å²) in [6.07, 6.45) is 0. The molecule has 1 heterocycles. The van der Waals surface area contributed by atoms with Crippen LogP contribution in [0.3, 0.4) is 0 Å². The molecule has 0 aliphatic rings. The van der Waals surface area contributed by atoms with Gasteiger partial charge in [0, 0.05) is 28.6 Å². The zero-order valence-electron chi connectivity index (χ0n) is 16.6. The normalized spacial score (nSPS) is 10.5. The fourth-order valence-electron chi connectivity index (χ4n) is 3.05. The van der Waals surface area contributed by atoms with Crippen LogP contribution in [-0.2, 0) is 0 Å². The molecule has 0 saturated heterocycles. The number of rotatable bonds is 5. The zero-order valence-corrected chi connectivity index (χ0v) is 18.1. The van der Waals surface area contributed by atoms with Gasteiger partial charge in [0.2, 0.25) is 0 Å². The van der Waals surface area contributed by atoms with Crippen LogP contribution in [0.25, 0.3) is 11.3 Å². The summed E-state index contributed by atoms with van der Waals surface area (Å²) in [5, 5.41) is 6.89. The van der Waals surface area contributed by atoms with E-state index in [9.17, 15) is 4.79 Å². The second-order valence-electron chi connectivity index (χ2n) is 6.84. The van der Waals surface area contributed by atoms with Crippen molar-refractivity contribution in [3.63, 3.8) is 0 Å². The number of carbonyl (C=O) groups is 1. The average molecular weight is 449 g/mol. The zero-order chi connectivity index (χ0) is 21.8. The number of carbonyl (C=O) groups excluding carboxylic acids is 1. The molecule has 154 valence electrons. The monoisotopic (exact) mass is 448 g/mol. The number of nitrogens with zero attached hydrogens (tertiary/aromatic N) is 2. The molecule has 0 unspecified atom stereocenters. The number of halogens is 2. The number of benzene rings is 3. The molecule has 1 aromatic heterocycles. The molecule has 4 rings (SSSR count). The third kappa shape index (κ3) is 5.20. The van der Waals surface area contributed by atoms with Gasteiger partial charge in [0.1, 0.15) is 11.6 Å². The van der Waals surface area contributed by atoms with Crippen molar-refractivity contribution in [2.24, 2.45) is 0 Å². The highest BCUT2D eigenvalue weighted by Gasteiger charge is 2.10. The standard InChI is InChI=1S/C24H18Cl2N4O/c1-15-27-22(16-6-3-2-4-7-16)14-23(28-15)29-18-9-5-8-17(12-18)24(31)30-19-10-11-20(25)21(26)13-19/h2-14H,1H3,(H,30,31)(H,27,28,29). The molecule has 7 heteroatoms. The Labute approximate surface area is 190 Å². The molecule has 0 aliphatic carbocycles. The van der Waals surface area contributed by atoms with E-state index in [2.05, 4.69) is 20.6 Å². The third-order valence-electron chi connectivity index (χ3n) is 4.48. The Morgan fingerprint density at radius 3 is 2.39 bits per heavy atom. The lowest BCUT2D eigenvalue weighted by atomic mass is 10.1. The average Bonchev–Trinajstić information content (AvgIpc) is 2.77. The summed E-state index contributed by atoms with van der Waals surface area (Å²) in [6, 6.07) is 23.9. The van der Waals surface area contributed by atoms with Gasteiger partial charge in [0.15, 0.2) is 0 Å². The highest BCUT2D eigenvalue weighted by atomic mass is 35.5. The molecule has 0 saturated carbocycles. The Hall–Kier alpha value is -3.41. The smallest absolute Gasteiger partial charge is 0.255 e. The van der Waals surface area contributed by atoms with Crippen molar-refractivity contribution in [2.45, 2.75) is 6.92 Å². The fraction of sp³-hybridized carbons (Fsp3) is 0.0417. The molecule has 0 radical (unpaired) electrons. The van der Waals surface area contributed by atoms with E-state index < -0.39 is 0 Å². The number of nitrogens with one attached hydrogen (secondary N) is 2. The third-order valence-corrected chi connectivity index (χ3v) is 5.22. The van der Waals surface area contributed by atoms with Gasteiger partial charge in [-0.1, -0.05) is 59.6 Å². The molecule has 0 spiro atoms. The number of aryl methyl sites for hydroxylation is 1. The quantitative estimate of drug-likeness (QED) is 0.354. The lowest BCUT2D eigenvalue weighted by Crippen LogP contribution is -2.12.